The number of carboxylic acid groups (broad SMARTS) is 1. The molecule has 0 amide bonds. The maximum Gasteiger partial charge on any atom is 0.490 e. The van der Waals surface area contributed by atoms with Crippen LogP contribution in [0.1, 0.15) is 36.3 Å². The minimum absolute atomic E-state index is 0.00976. The van der Waals surface area contributed by atoms with Gasteiger partial charge in [0, 0.05) is 22.7 Å². The first kappa shape index (κ1) is 29.2. The Morgan fingerprint density at radius 3 is 2.36 bits per heavy atom. The molecule has 1 aromatic carbocycles. The molecule has 2 bridgehead atoms. The first-order chi connectivity index (χ1) is 19.4. The highest BCUT2D eigenvalue weighted by atomic mass is 32.2. The number of alkyl halides is 6. The highest BCUT2D eigenvalue weighted by molar-refractivity contribution is 7.89. The normalized spacial score (nSPS) is 21.7. The fourth-order valence-electron chi connectivity index (χ4n) is 5.26. The third-order valence-corrected chi connectivity index (χ3v) is 8.62. The smallest absolute Gasteiger partial charge is 0.475 e. The molecular formula is C22H19F6N9O4S. The van der Waals surface area contributed by atoms with Gasteiger partial charge in [-0.15, -0.1) is 10.2 Å². The summed E-state index contributed by atoms with van der Waals surface area (Å²) >= 11 is 0. The second-order valence-corrected chi connectivity index (χ2v) is 11.7. The van der Waals surface area contributed by atoms with Gasteiger partial charge in [0.1, 0.15) is 0 Å². The molecule has 0 radical (unpaired) electrons. The van der Waals surface area contributed by atoms with Crippen molar-refractivity contribution < 1.29 is 44.7 Å². The van der Waals surface area contributed by atoms with Gasteiger partial charge in [-0.05, 0) is 43.9 Å². The van der Waals surface area contributed by atoms with Crippen LogP contribution in [0.4, 0.5) is 32.2 Å². The van der Waals surface area contributed by atoms with E-state index in [1.807, 2.05) is 0 Å². The van der Waals surface area contributed by atoms with Crippen LogP contribution in [0.5, 0.6) is 0 Å². The largest absolute Gasteiger partial charge is 0.490 e. The van der Waals surface area contributed by atoms with E-state index in [-0.39, 0.29) is 27.5 Å². The number of anilines is 1. The average molecular weight is 620 g/mol. The van der Waals surface area contributed by atoms with Crippen LogP contribution in [0.3, 0.4) is 0 Å². The summed E-state index contributed by atoms with van der Waals surface area (Å²) in [5, 5.41) is 21.2. The number of nitrogens with zero attached hydrogens (tertiary/aromatic N) is 6. The number of sulfonamides is 1. The van der Waals surface area contributed by atoms with E-state index in [1.54, 1.807) is 13.0 Å². The lowest BCUT2D eigenvalue weighted by Gasteiger charge is -2.68. The fourth-order valence-corrected chi connectivity index (χ4v) is 6.68. The molecule has 0 spiro atoms. The van der Waals surface area contributed by atoms with E-state index in [0.717, 1.165) is 6.20 Å². The number of halogens is 6. The number of imidazole rings is 1. The number of H-pyrrole nitrogens is 1. The zero-order valence-electron chi connectivity index (χ0n) is 21.1. The zero-order chi connectivity index (χ0) is 30.9. The molecule has 0 aliphatic heterocycles. The Balaban J connectivity index is 0.000000451. The highest BCUT2D eigenvalue weighted by Crippen LogP contribution is 2.67. The molecule has 0 saturated heterocycles. The number of nitrogens with one attached hydrogen (secondary N) is 2. The Labute approximate surface area is 231 Å². The average Bonchev–Trinajstić information content (AvgIpc) is 3.50. The predicted molar refractivity (Wildman–Crippen MR) is 129 cm³/mol. The van der Waals surface area contributed by atoms with Gasteiger partial charge >= 0.3 is 18.3 Å². The summed E-state index contributed by atoms with van der Waals surface area (Å²) in [6.45, 7) is 1.73. The van der Waals surface area contributed by atoms with Crippen molar-refractivity contribution in [2.75, 3.05) is 5.73 Å². The molecule has 3 aromatic heterocycles. The topological polar surface area (TPSA) is 194 Å². The zero-order valence-corrected chi connectivity index (χ0v) is 21.9. The SMILES string of the molecule is Cc1ccc(S(=O)(=O)NC23CC(c4nn[nH]n4)(C2)C3)cc1-c1cnc2c(N)nc(C(F)(F)F)cn12.O=C(O)C(F)(F)F. The summed E-state index contributed by atoms with van der Waals surface area (Å²) < 4.78 is 102. The molecule has 5 N–H and O–H groups in total. The molecule has 4 aromatic rings. The minimum Gasteiger partial charge on any atom is -0.475 e. The van der Waals surface area contributed by atoms with Crippen LogP contribution in [-0.4, -0.2) is 66.2 Å². The van der Waals surface area contributed by atoms with Crippen molar-refractivity contribution in [2.24, 2.45) is 0 Å². The Morgan fingerprint density at radius 2 is 1.81 bits per heavy atom. The summed E-state index contributed by atoms with van der Waals surface area (Å²) in [7, 11) is -3.92. The lowest BCUT2D eigenvalue weighted by atomic mass is 9.39. The van der Waals surface area contributed by atoms with Crippen molar-refractivity contribution in [3.8, 4) is 11.3 Å². The molecule has 42 heavy (non-hydrogen) atoms. The van der Waals surface area contributed by atoms with Crippen LogP contribution < -0.4 is 10.5 Å². The number of nitrogens with two attached hydrogens (primary N) is 1. The van der Waals surface area contributed by atoms with Gasteiger partial charge in [-0.1, -0.05) is 11.3 Å². The number of fused-ring (bicyclic) bond motifs is 1. The third-order valence-electron chi connectivity index (χ3n) is 7.05. The maximum atomic E-state index is 13.3. The molecule has 3 aliphatic rings. The van der Waals surface area contributed by atoms with Crippen LogP contribution in [0, 0.1) is 6.92 Å². The number of carbonyl (C=O) groups is 1. The van der Waals surface area contributed by atoms with Gasteiger partial charge in [0.15, 0.2) is 23.0 Å². The molecule has 20 heteroatoms. The Morgan fingerprint density at radius 1 is 1.17 bits per heavy atom. The van der Waals surface area contributed by atoms with Crippen LogP contribution in [0.25, 0.3) is 16.9 Å². The van der Waals surface area contributed by atoms with E-state index in [4.69, 9.17) is 15.6 Å². The van der Waals surface area contributed by atoms with Gasteiger partial charge in [-0.3, -0.25) is 4.40 Å². The first-order valence-corrected chi connectivity index (χ1v) is 13.2. The van der Waals surface area contributed by atoms with Crippen LogP contribution in [0.15, 0.2) is 35.5 Å². The fraction of sp³-hybridized carbons (Fsp3) is 0.364. The second-order valence-electron chi connectivity index (χ2n) is 10.1. The van der Waals surface area contributed by atoms with Gasteiger partial charge in [0.2, 0.25) is 10.0 Å². The number of hydrogen-bond donors (Lipinski definition) is 4. The number of benzene rings is 1. The number of aromatic nitrogens is 7. The third kappa shape index (κ3) is 4.99. The quantitative estimate of drug-likeness (QED) is 0.241. The molecule has 7 rings (SSSR count). The molecule has 3 heterocycles. The van der Waals surface area contributed by atoms with E-state index in [1.165, 1.54) is 22.7 Å². The van der Waals surface area contributed by atoms with E-state index in [9.17, 15) is 34.8 Å². The van der Waals surface area contributed by atoms with Crippen molar-refractivity contribution in [3.05, 3.63) is 47.7 Å². The number of hydrogen-bond acceptors (Lipinski definition) is 9. The molecule has 0 unspecified atom stereocenters. The minimum atomic E-state index is -5.08. The van der Waals surface area contributed by atoms with Crippen molar-refractivity contribution in [3.63, 3.8) is 0 Å². The first-order valence-electron chi connectivity index (χ1n) is 11.8. The van der Waals surface area contributed by atoms with E-state index in [0.29, 0.717) is 36.2 Å². The van der Waals surface area contributed by atoms with Crippen LogP contribution in [0.2, 0.25) is 0 Å². The summed E-state index contributed by atoms with van der Waals surface area (Å²) in [5.41, 5.74) is 5.06. The van der Waals surface area contributed by atoms with Gasteiger partial charge in [-0.2, -0.15) is 31.6 Å². The summed E-state index contributed by atoms with van der Waals surface area (Å²) in [6, 6.07) is 4.48. The highest BCUT2D eigenvalue weighted by Gasteiger charge is 2.71. The molecule has 0 atom stereocenters. The van der Waals surface area contributed by atoms with E-state index >= 15 is 0 Å². The Kier molecular flexibility index (Phi) is 6.49. The number of carboxylic acids is 1. The van der Waals surface area contributed by atoms with Gasteiger partial charge in [0.25, 0.3) is 0 Å². The van der Waals surface area contributed by atoms with E-state index in [2.05, 4.69) is 35.3 Å². The molecule has 3 aliphatic carbocycles. The van der Waals surface area contributed by atoms with Crippen molar-refractivity contribution >= 4 is 27.5 Å². The monoisotopic (exact) mass is 619 g/mol. The number of aliphatic carboxylic acids is 1. The number of aromatic amines is 1. The van der Waals surface area contributed by atoms with Gasteiger partial charge < -0.3 is 10.8 Å². The maximum absolute atomic E-state index is 13.3. The predicted octanol–water partition coefficient (Wildman–Crippen LogP) is 2.60. The Bertz CT molecular complexity index is 1780. The summed E-state index contributed by atoms with van der Waals surface area (Å²) in [4.78, 5) is 16.4. The summed E-state index contributed by atoms with van der Waals surface area (Å²) in [5.74, 6) is -2.56. The number of nitrogen functional groups attached to an aromatic ring is 1. The standard InChI is InChI=1S/C20H18F3N9O2S.C2HF3O2/c1-10-2-3-11(35(33,34)29-19-7-18(8-19,9-19)17-27-30-31-28-17)4-12(10)13-5-25-16-15(24)26-14(6-32(13)16)20(21,22)23;3-2(4,5)1(6)7/h2-6,29H,7-9H2,1H3,(H2,24,26)(H,27,28,30,31);(H,6,7). The molecule has 3 fully saturated rings. The van der Waals surface area contributed by atoms with Gasteiger partial charge in [-0.25, -0.2) is 27.9 Å². The van der Waals surface area contributed by atoms with Crippen molar-refractivity contribution in [1.29, 1.82) is 0 Å². The number of rotatable bonds is 5. The van der Waals surface area contributed by atoms with Crippen LogP contribution >= 0.6 is 0 Å². The molecule has 224 valence electrons. The number of tetrazole rings is 1. The lowest BCUT2D eigenvalue weighted by Crippen LogP contribution is -2.76. The second kappa shape index (κ2) is 9.34. The molecule has 13 nitrogen and oxygen atoms in total. The molecular weight excluding hydrogens is 600 g/mol. The molecule has 3 saturated carbocycles. The van der Waals surface area contributed by atoms with E-state index < -0.39 is 39.6 Å². The van der Waals surface area contributed by atoms with Crippen molar-refractivity contribution in [2.45, 2.75) is 54.4 Å². The van der Waals surface area contributed by atoms with Gasteiger partial charge in [0.05, 0.1) is 16.8 Å². The van der Waals surface area contributed by atoms with Crippen LogP contribution in [-0.2, 0) is 26.4 Å². The lowest BCUT2D eigenvalue weighted by molar-refractivity contribution is -0.192. The summed E-state index contributed by atoms with van der Waals surface area (Å²) in [6.07, 6.45) is -5.96. The van der Waals surface area contributed by atoms with Crippen molar-refractivity contribution in [1.82, 2.24) is 39.7 Å². The Hall–Kier alpha value is -4.33. The number of aryl methyl sites for hydroxylation is 1.